The number of benzene rings is 1. The fraction of sp³-hybridized carbons (Fsp3) is 0.719. The van der Waals surface area contributed by atoms with Gasteiger partial charge in [-0.25, -0.2) is 4.39 Å². The van der Waals surface area contributed by atoms with Crippen LogP contribution in [-0.2, 0) is 19.1 Å². The molecule has 3 heterocycles. The Morgan fingerprint density at radius 2 is 1.86 bits per heavy atom. The molecule has 1 spiro atoms. The summed E-state index contributed by atoms with van der Waals surface area (Å²) in [5.74, 6) is -1.16. The molecule has 4 aliphatic rings. The van der Waals surface area contributed by atoms with Crippen LogP contribution >= 0.6 is 11.6 Å². The Balaban J connectivity index is 1.33. The van der Waals surface area contributed by atoms with Crippen LogP contribution in [0.5, 0.6) is 0 Å². The first-order valence-corrected chi connectivity index (χ1v) is 15.9. The molecule has 3 aliphatic heterocycles. The second kappa shape index (κ2) is 12.4. The zero-order valence-electron chi connectivity index (χ0n) is 25.5. The van der Waals surface area contributed by atoms with Crippen molar-refractivity contribution < 1.29 is 23.5 Å². The largest absolute Gasteiger partial charge is 0.381 e. The zero-order chi connectivity index (χ0) is 30.2. The summed E-state index contributed by atoms with van der Waals surface area (Å²) < 4.78 is 20.8. The molecule has 0 bridgehead atoms. The van der Waals surface area contributed by atoms with E-state index < -0.39 is 11.6 Å². The fourth-order valence-electron chi connectivity index (χ4n) is 7.16. The van der Waals surface area contributed by atoms with Crippen molar-refractivity contribution in [3.05, 3.63) is 34.6 Å². The fourth-order valence-corrected chi connectivity index (χ4v) is 7.32. The highest BCUT2D eigenvalue weighted by molar-refractivity contribution is 6.30. The number of nitrogens with one attached hydrogen (secondary N) is 1. The topological polar surface area (TPSA) is 82.2 Å². The minimum atomic E-state index is -0.586. The number of rotatable bonds is 7. The van der Waals surface area contributed by atoms with Crippen LogP contribution < -0.4 is 5.32 Å². The minimum absolute atomic E-state index is 0.0350. The van der Waals surface area contributed by atoms with Crippen LogP contribution in [0.2, 0.25) is 5.02 Å². The van der Waals surface area contributed by atoms with E-state index in [1.165, 1.54) is 6.07 Å². The summed E-state index contributed by atoms with van der Waals surface area (Å²) in [5, 5.41) is 3.31. The number of carbonyl (C=O) groups is 3. The maximum absolute atomic E-state index is 15.2. The highest BCUT2D eigenvalue weighted by Crippen LogP contribution is 2.46. The van der Waals surface area contributed by atoms with Crippen molar-refractivity contribution in [2.45, 2.75) is 89.8 Å². The van der Waals surface area contributed by atoms with E-state index in [1.54, 1.807) is 19.1 Å². The lowest BCUT2D eigenvalue weighted by molar-refractivity contribution is -0.149. The normalized spacial score (nSPS) is 25.5. The molecule has 3 amide bonds. The van der Waals surface area contributed by atoms with Crippen molar-refractivity contribution >= 4 is 29.3 Å². The second-order valence-corrected chi connectivity index (χ2v) is 14.3. The van der Waals surface area contributed by atoms with E-state index in [1.807, 2.05) is 9.80 Å². The number of carbonyl (C=O) groups excluding carboxylic acids is 3. The van der Waals surface area contributed by atoms with E-state index in [2.05, 4.69) is 31.0 Å². The second-order valence-electron chi connectivity index (χ2n) is 13.9. The highest BCUT2D eigenvalue weighted by Gasteiger charge is 2.56. The molecule has 8 nitrogen and oxygen atoms in total. The molecule has 5 rings (SSSR count). The van der Waals surface area contributed by atoms with Gasteiger partial charge in [0.1, 0.15) is 11.9 Å². The lowest BCUT2D eigenvalue weighted by Gasteiger charge is -2.45. The number of likely N-dealkylation sites (tertiary alicyclic amines) is 1. The Labute approximate surface area is 254 Å². The monoisotopic (exact) mass is 604 g/mol. The summed E-state index contributed by atoms with van der Waals surface area (Å²) in [5.41, 5.74) is 0.0116. The number of halogens is 2. The summed E-state index contributed by atoms with van der Waals surface area (Å²) in [6, 6.07) is 4.50. The molecule has 1 aliphatic carbocycles. The molecule has 1 aromatic carbocycles. The predicted octanol–water partition coefficient (Wildman–Crippen LogP) is 4.21. The van der Waals surface area contributed by atoms with Crippen LogP contribution in [0.4, 0.5) is 4.39 Å². The van der Waals surface area contributed by atoms with Gasteiger partial charge in [-0.15, -0.1) is 0 Å². The summed E-state index contributed by atoms with van der Waals surface area (Å²) in [6.07, 6.45) is 4.35. The number of amides is 3. The van der Waals surface area contributed by atoms with Crippen LogP contribution in [0.15, 0.2) is 18.2 Å². The van der Waals surface area contributed by atoms with Gasteiger partial charge in [-0.05, 0) is 55.2 Å². The number of hydrogen-bond acceptors (Lipinski definition) is 5. The Morgan fingerprint density at radius 1 is 1.14 bits per heavy atom. The van der Waals surface area contributed by atoms with E-state index in [-0.39, 0.29) is 40.8 Å². The van der Waals surface area contributed by atoms with E-state index in [0.29, 0.717) is 75.4 Å². The van der Waals surface area contributed by atoms with Gasteiger partial charge < -0.3 is 19.9 Å². The minimum Gasteiger partial charge on any atom is -0.381 e. The number of nitrogens with zero attached hydrogens (tertiary/aromatic N) is 3. The third kappa shape index (κ3) is 6.78. The number of piperazine rings is 1. The Kier molecular flexibility index (Phi) is 9.22. The molecular formula is C32H46ClFN4O4. The van der Waals surface area contributed by atoms with Gasteiger partial charge in [0, 0.05) is 69.3 Å². The van der Waals surface area contributed by atoms with Gasteiger partial charge >= 0.3 is 0 Å². The molecule has 1 N–H and O–H groups in total. The van der Waals surface area contributed by atoms with Crippen LogP contribution in [0.1, 0.15) is 77.7 Å². The molecule has 0 radical (unpaired) electrons. The predicted molar refractivity (Wildman–Crippen MR) is 160 cm³/mol. The van der Waals surface area contributed by atoms with E-state index in [4.69, 9.17) is 16.3 Å². The molecule has 3 saturated heterocycles. The zero-order valence-corrected chi connectivity index (χ0v) is 26.2. The van der Waals surface area contributed by atoms with Crippen LogP contribution in [-0.4, -0.2) is 96.0 Å². The van der Waals surface area contributed by atoms with Gasteiger partial charge in [0.05, 0.1) is 11.5 Å². The Bertz CT molecular complexity index is 1180. The maximum atomic E-state index is 15.2. The number of hydrogen-bond donors (Lipinski definition) is 1. The lowest BCUT2D eigenvalue weighted by Crippen LogP contribution is -2.62. The first kappa shape index (κ1) is 31.2. The first-order chi connectivity index (χ1) is 19.9. The quantitative estimate of drug-likeness (QED) is 0.504. The Hall–Kier alpha value is -2.23. The van der Waals surface area contributed by atoms with Crippen molar-refractivity contribution in [1.29, 1.82) is 0 Å². The van der Waals surface area contributed by atoms with Gasteiger partial charge in [-0.3, -0.25) is 19.3 Å². The highest BCUT2D eigenvalue weighted by atomic mass is 35.5. The van der Waals surface area contributed by atoms with E-state index >= 15 is 4.39 Å². The van der Waals surface area contributed by atoms with Gasteiger partial charge in [0.15, 0.2) is 0 Å². The third-order valence-electron chi connectivity index (χ3n) is 9.56. The van der Waals surface area contributed by atoms with Gasteiger partial charge in [0.2, 0.25) is 17.7 Å². The van der Waals surface area contributed by atoms with Crippen LogP contribution in [0.25, 0.3) is 0 Å². The smallest absolute Gasteiger partial charge is 0.245 e. The van der Waals surface area contributed by atoms with Gasteiger partial charge in [-0.1, -0.05) is 45.4 Å². The average molecular weight is 605 g/mol. The summed E-state index contributed by atoms with van der Waals surface area (Å²) in [6.45, 7) is 11.9. The summed E-state index contributed by atoms with van der Waals surface area (Å²) >= 11 is 6.07. The molecule has 3 atom stereocenters. The molecule has 1 saturated carbocycles. The van der Waals surface area contributed by atoms with Crippen LogP contribution in [0, 0.1) is 17.2 Å². The summed E-state index contributed by atoms with van der Waals surface area (Å²) in [7, 11) is 0. The first-order valence-electron chi connectivity index (χ1n) is 15.6. The Morgan fingerprint density at radius 3 is 2.48 bits per heavy atom. The van der Waals surface area contributed by atoms with Crippen molar-refractivity contribution in [3.63, 3.8) is 0 Å². The molecule has 4 fully saturated rings. The van der Waals surface area contributed by atoms with Crippen molar-refractivity contribution in [1.82, 2.24) is 20.0 Å². The van der Waals surface area contributed by atoms with Crippen molar-refractivity contribution in [2.75, 3.05) is 45.9 Å². The maximum Gasteiger partial charge on any atom is 0.245 e. The molecular weight excluding hydrogens is 559 g/mol. The third-order valence-corrected chi connectivity index (χ3v) is 9.80. The molecule has 42 heavy (non-hydrogen) atoms. The molecule has 10 heteroatoms. The summed E-state index contributed by atoms with van der Waals surface area (Å²) in [4.78, 5) is 46.6. The van der Waals surface area contributed by atoms with Crippen molar-refractivity contribution in [3.8, 4) is 0 Å². The number of ether oxygens (including phenoxy) is 1. The van der Waals surface area contributed by atoms with Crippen LogP contribution in [0.3, 0.4) is 0 Å². The van der Waals surface area contributed by atoms with Crippen molar-refractivity contribution in [2.24, 2.45) is 11.3 Å². The standard InChI is InChI=1S/C32H46ClFN4O4/c1-5-28(39)35-27(17-31(2,3)4)30(41)38-13-12-36(20-32(38)10-11-32)29(40)25-19-37(22-8-14-42-15-9-22)18-24(25)23-7-6-21(33)16-26(23)34/h6-7,16,22,24-25,27H,5,8-15,17-20H2,1-4H3,(H,35,39)/t24-,25+,27-/m0/s1. The van der Waals surface area contributed by atoms with E-state index in [0.717, 1.165) is 25.7 Å². The molecule has 1 aromatic rings. The SMILES string of the molecule is CCC(=O)N[C@@H](CC(C)(C)C)C(=O)N1CCN(C(=O)[C@@H]2CN(C3CCOCC3)C[C@H]2c2ccc(Cl)cc2F)CC12CC2. The average Bonchev–Trinajstić information content (AvgIpc) is 3.56. The van der Waals surface area contributed by atoms with Gasteiger partial charge in [-0.2, -0.15) is 0 Å². The molecule has 0 unspecified atom stereocenters. The molecule has 0 aromatic heterocycles. The van der Waals surface area contributed by atoms with Gasteiger partial charge in [0.25, 0.3) is 0 Å². The molecule has 232 valence electrons. The van der Waals surface area contributed by atoms with E-state index in [9.17, 15) is 14.4 Å². The lowest BCUT2D eigenvalue weighted by atomic mass is 9.86.